The van der Waals surface area contributed by atoms with Crippen molar-refractivity contribution in [2.75, 3.05) is 6.54 Å². The first-order valence-electron chi connectivity index (χ1n) is 6.52. The van der Waals surface area contributed by atoms with Crippen molar-refractivity contribution in [1.29, 1.82) is 0 Å². The number of hydrogen-bond donors (Lipinski definition) is 1. The monoisotopic (exact) mass is 256 g/mol. The molecule has 0 aliphatic heterocycles. The molecule has 0 aromatic rings. The molecule has 0 aromatic carbocycles. The standard InChI is InChI=1S/C13H24N2OS/c1-4-13(7-5-6-8-13)12(16)15(10(2)3)9-11(14)17/h10H,4-9H2,1-3H3,(H2,14,17). The van der Waals surface area contributed by atoms with E-state index in [9.17, 15) is 4.79 Å². The first kappa shape index (κ1) is 14.4. The molecular weight excluding hydrogens is 232 g/mol. The van der Waals surface area contributed by atoms with Crippen molar-refractivity contribution < 1.29 is 4.79 Å². The molecule has 1 amide bonds. The van der Waals surface area contributed by atoms with Crippen LogP contribution in [0.2, 0.25) is 0 Å². The largest absolute Gasteiger partial charge is 0.392 e. The second-order valence-corrected chi connectivity index (χ2v) is 5.86. The number of thiocarbonyl (C=S) groups is 1. The van der Waals surface area contributed by atoms with Gasteiger partial charge in [0, 0.05) is 11.5 Å². The second kappa shape index (κ2) is 5.80. The lowest BCUT2D eigenvalue weighted by Gasteiger charge is -2.36. The third kappa shape index (κ3) is 3.18. The summed E-state index contributed by atoms with van der Waals surface area (Å²) >= 11 is 4.94. The van der Waals surface area contributed by atoms with Crippen LogP contribution in [0.1, 0.15) is 52.9 Å². The highest BCUT2D eigenvalue weighted by molar-refractivity contribution is 7.80. The van der Waals surface area contributed by atoms with Gasteiger partial charge >= 0.3 is 0 Å². The van der Waals surface area contributed by atoms with Gasteiger partial charge in [0.1, 0.15) is 0 Å². The lowest BCUT2D eigenvalue weighted by atomic mass is 9.81. The van der Waals surface area contributed by atoms with Gasteiger partial charge in [-0.3, -0.25) is 4.79 Å². The minimum atomic E-state index is -0.144. The van der Waals surface area contributed by atoms with Crippen LogP contribution in [0, 0.1) is 5.41 Å². The maximum atomic E-state index is 12.7. The highest BCUT2D eigenvalue weighted by atomic mass is 32.1. The van der Waals surface area contributed by atoms with Gasteiger partial charge in [0.05, 0.1) is 11.5 Å². The quantitative estimate of drug-likeness (QED) is 0.769. The number of nitrogens with two attached hydrogens (primary N) is 1. The summed E-state index contributed by atoms with van der Waals surface area (Å²) in [5.74, 6) is 0.250. The minimum absolute atomic E-state index is 0.144. The zero-order valence-corrected chi connectivity index (χ0v) is 12.0. The fourth-order valence-electron chi connectivity index (χ4n) is 2.73. The SMILES string of the molecule is CCC1(C(=O)N(CC(N)=S)C(C)C)CCCC1. The zero-order valence-electron chi connectivity index (χ0n) is 11.2. The molecule has 0 atom stereocenters. The second-order valence-electron chi connectivity index (χ2n) is 5.33. The van der Waals surface area contributed by atoms with Crippen LogP contribution in [0.5, 0.6) is 0 Å². The maximum Gasteiger partial charge on any atom is 0.229 e. The van der Waals surface area contributed by atoms with Crippen LogP contribution < -0.4 is 5.73 Å². The molecule has 0 unspecified atom stereocenters. The van der Waals surface area contributed by atoms with E-state index in [-0.39, 0.29) is 17.4 Å². The van der Waals surface area contributed by atoms with Crippen LogP contribution in [0.25, 0.3) is 0 Å². The van der Waals surface area contributed by atoms with E-state index in [2.05, 4.69) is 6.92 Å². The predicted octanol–water partition coefficient (Wildman–Crippen LogP) is 2.48. The number of amides is 1. The van der Waals surface area contributed by atoms with Gasteiger partial charge in [0.25, 0.3) is 0 Å². The Labute approximate surface area is 110 Å². The molecule has 17 heavy (non-hydrogen) atoms. The van der Waals surface area contributed by atoms with E-state index in [0.29, 0.717) is 11.5 Å². The molecule has 0 aromatic heterocycles. The van der Waals surface area contributed by atoms with Crippen molar-refractivity contribution in [3.63, 3.8) is 0 Å². The lowest BCUT2D eigenvalue weighted by molar-refractivity contribution is -0.143. The van der Waals surface area contributed by atoms with Gasteiger partial charge in [-0.05, 0) is 33.1 Å². The minimum Gasteiger partial charge on any atom is -0.392 e. The first-order valence-corrected chi connectivity index (χ1v) is 6.93. The van der Waals surface area contributed by atoms with Gasteiger partial charge in [0.15, 0.2) is 0 Å². The Bertz CT molecular complexity index is 296. The van der Waals surface area contributed by atoms with Crippen molar-refractivity contribution in [3.05, 3.63) is 0 Å². The Balaban J connectivity index is 2.86. The third-order valence-electron chi connectivity index (χ3n) is 3.90. The molecule has 1 saturated carbocycles. The Hall–Kier alpha value is -0.640. The summed E-state index contributed by atoms with van der Waals surface area (Å²) in [6.07, 6.45) is 5.29. The molecule has 2 N–H and O–H groups in total. The van der Waals surface area contributed by atoms with Gasteiger partial charge < -0.3 is 10.6 Å². The molecule has 4 heteroatoms. The summed E-state index contributed by atoms with van der Waals surface area (Å²) < 4.78 is 0. The molecule has 1 aliphatic carbocycles. The van der Waals surface area contributed by atoms with E-state index in [4.69, 9.17) is 18.0 Å². The first-order chi connectivity index (χ1) is 7.93. The van der Waals surface area contributed by atoms with E-state index in [1.54, 1.807) is 0 Å². The summed E-state index contributed by atoms with van der Waals surface area (Å²) in [4.78, 5) is 14.9. The van der Waals surface area contributed by atoms with Gasteiger partial charge in [0.2, 0.25) is 5.91 Å². The number of rotatable bonds is 5. The number of carbonyl (C=O) groups is 1. The Morgan fingerprint density at radius 3 is 2.29 bits per heavy atom. The molecule has 0 saturated heterocycles. The van der Waals surface area contributed by atoms with Crippen LogP contribution >= 0.6 is 12.2 Å². The Kier molecular flexibility index (Phi) is 4.92. The summed E-state index contributed by atoms with van der Waals surface area (Å²) in [6.45, 7) is 6.57. The Morgan fingerprint density at radius 1 is 1.41 bits per heavy atom. The normalized spacial score (nSPS) is 18.4. The Morgan fingerprint density at radius 2 is 1.94 bits per heavy atom. The zero-order chi connectivity index (χ0) is 13.1. The van der Waals surface area contributed by atoms with Crippen molar-refractivity contribution in [2.45, 2.75) is 58.9 Å². The van der Waals surface area contributed by atoms with Crippen molar-refractivity contribution in [3.8, 4) is 0 Å². The van der Waals surface area contributed by atoms with E-state index in [1.165, 1.54) is 12.8 Å². The maximum absolute atomic E-state index is 12.7. The molecule has 1 aliphatic rings. The summed E-state index contributed by atoms with van der Waals surface area (Å²) in [5.41, 5.74) is 5.45. The average molecular weight is 256 g/mol. The lowest BCUT2D eigenvalue weighted by Crippen LogP contribution is -2.48. The highest BCUT2D eigenvalue weighted by Gasteiger charge is 2.42. The average Bonchev–Trinajstić information content (AvgIpc) is 2.74. The molecule has 1 fully saturated rings. The summed E-state index contributed by atoms with van der Waals surface area (Å²) in [6, 6.07) is 0.160. The smallest absolute Gasteiger partial charge is 0.229 e. The third-order valence-corrected chi connectivity index (χ3v) is 4.03. The molecule has 0 heterocycles. The van der Waals surface area contributed by atoms with Crippen LogP contribution in [0.15, 0.2) is 0 Å². The fourth-order valence-corrected chi connectivity index (χ4v) is 2.87. The predicted molar refractivity (Wildman–Crippen MR) is 74.8 cm³/mol. The van der Waals surface area contributed by atoms with Crippen LogP contribution in [0.4, 0.5) is 0 Å². The van der Waals surface area contributed by atoms with Crippen molar-refractivity contribution in [1.82, 2.24) is 4.90 Å². The van der Waals surface area contributed by atoms with E-state index >= 15 is 0 Å². The van der Waals surface area contributed by atoms with Crippen molar-refractivity contribution in [2.24, 2.45) is 11.1 Å². The van der Waals surface area contributed by atoms with Gasteiger partial charge in [-0.1, -0.05) is 32.0 Å². The number of carbonyl (C=O) groups excluding carboxylic acids is 1. The van der Waals surface area contributed by atoms with Crippen LogP contribution in [0.3, 0.4) is 0 Å². The summed E-state index contributed by atoms with van der Waals surface area (Å²) in [5, 5.41) is 0. The van der Waals surface area contributed by atoms with Gasteiger partial charge in [-0.15, -0.1) is 0 Å². The molecular formula is C13H24N2OS. The number of hydrogen-bond acceptors (Lipinski definition) is 2. The molecule has 1 rings (SSSR count). The van der Waals surface area contributed by atoms with E-state index in [0.717, 1.165) is 19.3 Å². The molecule has 0 bridgehead atoms. The molecule has 98 valence electrons. The number of nitrogens with zero attached hydrogens (tertiary/aromatic N) is 1. The van der Waals surface area contributed by atoms with Crippen LogP contribution in [-0.2, 0) is 4.79 Å². The highest BCUT2D eigenvalue weighted by Crippen LogP contribution is 2.42. The van der Waals surface area contributed by atoms with Crippen molar-refractivity contribution >= 4 is 23.1 Å². The van der Waals surface area contributed by atoms with E-state index in [1.807, 2.05) is 18.7 Å². The molecule has 0 spiro atoms. The van der Waals surface area contributed by atoms with Gasteiger partial charge in [-0.2, -0.15) is 0 Å². The van der Waals surface area contributed by atoms with Gasteiger partial charge in [-0.25, -0.2) is 0 Å². The summed E-state index contributed by atoms with van der Waals surface area (Å²) in [7, 11) is 0. The van der Waals surface area contributed by atoms with E-state index < -0.39 is 0 Å². The van der Waals surface area contributed by atoms with Crippen LogP contribution in [-0.4, -0.2) is 28.4 Å². The fraction of sp³-hybridized carbons (Fsp3) is 0.846. The topological polar surface area (TPSA) is 46.3 Å². The molecule has 3 nitrogen and oxygen atoms in total. The molecule has 0 radical (unpaired) electrons.